The van der Waals surface area contributed by atoms with Gasteiger partial charge in [-0.15, -0.1) is 0 Å². The second-order valence-electron chi connectivity index (χ2n) is 5.10. The summed E-state index contributed by atoms with van der Waals surface area (Å²) in [6.07, 6.45) is 4.41. The van der Waals surface area contributed by atoms with E-state index < -0.39 is 10.0 Å². The average Bonchev–Trinajstić information content (AvgIpc) is 2.73. The summed E-state index contributed by atoms with van der Waals surface area (Å²) >= 11 is 0. The molecule has 0 atom stereocenters. The van der Waals surface area contributed by atoms with Gasteiger partial charge in [0.1, 0.15) is 5.75 Å². The number of hydrogen-bond donors (Lipinski definition) is 1. The Hall–Kier alpha value is -1.60. The van der Waals surface area contributed by atoms with Crippen LogP contribution >= 0.6 is 0 Å². The molecule has 1 heterocycles. The number of carbonyl (C=O) groups is 1. The predicted octanol–water partition coefficient (Wildman–Crippen LogP) is 1.12. The summed E-state index contributed by atoms with van der Waals surface area (Å²) in [5, 5.41) is 5.01. The van der Waals surface area contributed by atoms with Crippen molar-refractivity contribution in [1.82, 2.24) is 4.90 Å². The first-order valence-electron chi connectivity index (χ1n) is 7.00. The normalized spacial score (nSPS) is 16.3. The highest BCUT2D eigenvalue weighted by atomic mass is 32.2. The third-order valence-electron chi connectivity index (χ3n) is 3.47. The largest absolute Gasteiger partial charge is 0.484 e. The molecule has 0 saturated carbocycles. The lowest BCUT2D eigenvalue weighted by Crippen LogP contribution is -2.35. The Labute approximate surface area is 124 Å². The first-order valence-corrected chi connectivity index (χ1v) is 8.55. The van der Waals surface area contributed by atoms with Gasteiger partial charge in [-0.3, -0.25) is 4.79 Å². The number of likely N-dealkylation sites (tertiary alicyclic amines) is 1. The molecule has 0 aliphatic carbocycles. The number of ether oxygens (including phenoxy) is 1. The van der Waals surface area contributed by atoms with E-state index in [0.29, 0.717) is 5.75 Å². The van der Waals surface area contributed by atoms with Gasteiger partial charge in [-0.05, 0) is 37.1 Å². The van der Waals surface area contributed by atoms with Crippen molar-refractivity contribution in [1.29, 1.82) is 0 Å². The Kier molecular flexibility index (Phi) is 5.19. The fraction of sp³-hybridized carbons (Fsp3) is 0.500. The Balaban J connectivity index is 1.89. The molecule has 0 unspecified atom stereocenters. The number of nitrogens with two attached hydrogens (primary N) is 1. The maximum Gasteiger partial charge on any atom is 0.260 e. The van der Waals surface area contributed by atoms with E-state index in [4.69, 9.17) is 9.88 Å². The molecule has 1 aromatic rings. The molecular weight excluding hydrogens is 292 g/mol. The van der Waals surface area contributed by atoms with Gasteiger partial charge in [0.25, 0.3) is 5.91 Å². The van der Waals surface area contributed by atoms with Gasteiger partial charge in [0.2, 0.25) is 10.0 Å². The molecule has 0 spiro atoms. The van der Waals surface area contributed by atoms with Crippen LogP contribution in [0, 0.1) is 0 Å². The van der Waals surface area contributed by atoms with E-state index in [-0.39, 0.29) is 17.4 Å². The second-order valence-corrected chi connectivity index (χ2v) is 6.66. The van der Waals surface area contributed by atoms with Crippen molar-refractivity contribution in [2.24, 2.45) is 5.14 Å². The lowest BCUT2D eigenvalue weighted by atomic mass is 10.2. The molecule has 2 rings (SSSR count). The minimum Gasteiger partial charge on any atom is -0.484 e. The van der Waals surface area contributed by atoms with Crippen LogP contribution < -0.4 is 9.88 Å². The molecule has 0 aromatic heterocycles. The van der Waals surface area contributed by atoms with Gasteiger partial charge < -0.3 is 9.64 Å². The van der Waals surface area contributed by atoms with E-state index in [1.54, 1.807) is 0 Å². The van der Waals surface area contributed by atoms with Crippen molar-refractivity contribution in [3.8, 4) is 5.75 Å². The second kappa shape index (κ2) is 6.91. The van der Waals surface area contributed by atoms with Crippen molar-refractivity contribution >= 4 is 15.9 Å². The number of primary sulfonamides is 1. The minimum absolute atomic E-state index is 0.0219. The molecule has 1 saturated heterocycles. The summed E-state index contributed by atoms with van der Waals surface area (Å²) in [7, 11) is -3.70. The van der Waals surface area contributed by atoms with E-state index in [2.05, 4.69) is 0 Å². The fourth-order valence-electron chi connectivity index (χ4n) is 2.28. The van der Waals surface area contributed by atoms with Crippen LogP contribution in [0.1, 0.15) is 25.7 Å². The molecule has 21 heavy (non-hydrogen) atoms. The van der Waals surface area contributed by atoms with Crippen molar-refractivity contribution in [2.75, 3.05) is 19.7 Å². The average molecular weight is 312 g/mol. The fourth-order valence-corrected chi connectivity index (χ4v) is 2.80. The Bertz CT molecular complexity index is 575. The summed E-state index contributed by atoms with van der Waals surface area (Å²) < 4.78 is 27.7. The molecule has 2 N–H and O–H groups in total. The standard InChI is InChI=1S/C14H20N2O4S/c15-21(18,19)13-7-5-12(6-8-13)20-11-14(17)16-9-3-1-2-4-10-16/h5-8H,1-4,9-11H2,(H2,15,18,19). The van der Waals surface area contributed by atoms with Gasteiger partial charge >= 0.3 is 0 Å². The maximum atomic E-state index is 12.0. The first-order chi connectivity index (χ1) is 9.97. The molecule has 1 aliphatic rings. The highest BCUT2D eigenvalue weighted by Crippen LogP contribution is 2.15. The first kappa shape index (κ1) is 15.8. The molecule has 1 amide bonds. The molecular formula is C14H20N2O4S. The van der Waals surface area contributed by atoms with Crippen LogP contribution in [0.25, 0.3) is 0 Å². The topological polar surface area (TPSA) is 89.7 Å². The number of carbonyl (C=O) groups excluding carboxylic acids is 1. The molecule has 1 fully saturated rings. The van der Waals surface area contributed by atoms with Crippen LogP contribution in [0.3, 0.4) is 0 Å². The predicted molar refractivity (Wildman–Crippen MR) is 78.4 cm³/mol. The molecule has 7 heteroatoms. The Morgan fingerprint density at radius 3 is 2.19 bits per heavy atom. The van der Waals surface area contributed by atoms with Gasteiger partial charge in [-0.25, -0.2) is 13.6 Å². The van der Waals surface area contributed by atoms with E-state index in [0.717, 1.165) is 25.9 Å². The van der Waals surface area contributed by atoms with Gasteiger partial charge in [-0.1, -0.05) is 12.8 Å². The molecule has 6 nitrogen and oxygen atoms in total. The number of nitrogens with zero attached hydrogens (tertiary/aromatic N) is 1. The van der Waals surface area contributed by atoms with Crippen LogP contribution in [-0.4, -0.2) is 38.9 Å². The third-order valence-corrected chi connectivity index (χ3v) is 4.40. The lowest BCUT2D eigenvalue weighted by molar-refractivity contribution is -0.133. The highest BCUT2D eigenvalue weighted by Gasteiger charge is 2.16. The van der Waals surface area contributed by atoms with E-state index >= 15 is 0 Å². The summed E-state index contributed by atoms with van der Waals surface area (Å²) in [4.78, 5) is 13.9. The summed E-state index contributed by atoms with van der Waals surface area (Å²) in [6, 6.07) is 5.72. The monoisotopic (exact) mass is 312 g/mol. The smallest absolute Gasteiger partial charge is 0.260 e. The quantitative estimate of drug-likeness (QED) is 0.902. The summed E-state index contributed by atoms with van der Waals surface area (Å²) in [5.74, 6) is 0.415. The molecule has 0 bridgehead atoms. The number of benzene rings is 1. The maximum absolute atomic E-state index is 12.0. The zero-order valence-electron chi connectivity index (χ0n) is 11.8. The lowest BCUT2D eigenvalue weighted by Gasteiger charge is -2.20. The van der Waals surface area contributed by atoms with Crippen LogP contribution in [0.15, 0.2) is 29.2 Å². The van der Waals surface area contributed by atoms with Crippen LogP contribution in [-0.2, 0) is 14.8 Å². The van der Waals surface area contributed by atoms with E-state index in [9.17, 15) is 13.2 Å². The SMILES string of the molecule is NS(=O)(=O)c1ccc(OCC(=O)N2CCCCCC2)cc1. The minimum atomic E-state index is -3.70. The number of hydrogen-bond acceptors (Lipinski definition) is 4. The Morgan fingerprint density at radius 2 is 1.67 bits per heavy atom. The van der Waals surface area contributed by atoms with Gasteiger partial charge in [0, 0.05) is 13.1 Å². The van der Waals surface area contributed by atoms with Crippen molar-refractivity contribution in [3.05, 3.63) is 24.3 Å². The summed E-state index contributed by atoms with van der Waals surface area (Å²) in [5.41, 5.74) is 0. The zero-order valence-corrected chi connectivity index (χ0v) is 12.6. The molecule has 0 radical (unpaired) electrons. The number of rotatable bonds is 4. The molecule has 116 valence electrons. The zero-order chi connectivity index (χ0) is 15.3. The summed E-state index contributed by atoms with van der Waals surface area (Å²) in [6.45, 7) is 1.54. The van der Waals surface area contributed by atoms with Crippen LogP contribution in [0.4, 0.5) is 0 Å². The number of sulfonamides is 1. The van der Waals surface area contributed by atoms with Crippen molar-refractivity contribution in [3.63, 3.8) is 0 Å². The van der Waals surface area contributed by atoms with Crippen molar-refractivity contribution in [2.45, 2.75) is 30.6 Å². The third kappa shape index (κ3) is 4.71. The van der Waals surface area contributed by atoms with Gasteiger partial charge in [-0.2, -0.15) is 0 Å². The van der Waals surface area contributed by atoms with E-state index in [1.165, 1.54) is 37.1 Å². The van der Waals surface area contributed by atoms with Crippen LogP contribution in [0.2, 0.25) is 0 Å². The van der Waals surface area contributed by atoms with E-state index in [1.807, 2.05) is 4.90 Å². The molecule has 1 aromatic carbocycles. The van der Waals surface area contributed by atoms with Gasteiger partial charge in [0.05, 0.1) is 4.90 Å². The van der Waals surface area contributed by atoms with Gasteiger partial charge in [0.15, 0.2) is 6.61 Å². The highest BCUT2D eigenvalue weighted by molar-refractivity contribution is 7.89. The van der Waals surface area contributed by atoms with Crippen LogP contribution in [0.5, 0.6) is 5.75 Å². The number of amides is 1. The molecule has 1 aliphatic heterocycles. The van der Waals surface area contributed by atoms with Crippen molar-refractivity contribution < 1.29 is 17.9 Å². The Morgan fingerprint density at radius 1 is 1.10 bits per heavy atom.